The van der Waals surface area contributed by atoms with Gasteiger partial charge in [-0.25, -0.2) is 4.98 Å². The van der Waals surface area contributed by atoms with E-state index in [1.807, 2.05) is 18.5 Å². The van der Waals surface area contributed by atoms with Crippen molar-refractivity contribution < 1.29 is 9.53 Å². The van der Waals surface area contributed by atoms with Gasteiger partial charge in [-0.1, -0.05) is 0 Å². The van der Waals surface area contributed by atoms with Gasteiger partial charge < -0.3 is 9.30 Å². The molecule has 0 spiro atoms. The molecule has 0 bridgehead atoms. The summed E-state index contributed by atoms with van der Waals surface area (Å²) in [7, 11) is 3.26. The van der Waals surface area contributed by atoms with Gasteiger partial charge in [0, 0.05) is 25.9 Å². The molecule has 0 aliphatic rings. The molecule has 0 aliphatic heterocycles. The second kappa shape index (κ2) is 5.61. The van der Waals surface area contributed by atoms with Crippen LogP contribution in [0.15, 0.2) is 0 Å². The van der Waals surface area contributed by atoms with Crippen LogP contribution in [-0.4, -0.2) is 38.3 Å². The van der Waals surface area contributed by atoms with Gasteiger partial charge in [0.1, 0.15) is 11.3 Å². The number of imidazole rings is 1. The standard InChI is InChI=1S/C12H17ClN4O2/c1-8-11-12(16(2)15-8)17(7-5-10(18)19-3)9(14-11)4-6-13/h4-7H2,1-3H3. The highest BCUT2D eigenvalue weighted by molar-refractivity contribution is 6.17. The molecule has 0 atom stereocenters. The maximum atomic E-state index is 11.3. The molecule has 0 saturated heterocycles. The van der Waals surface area contributed by atoms with Crippen molar-refractivity contribution in [1.29, 1.82) is 0 Å². The van der Waals surface area contributed by atoms with Crippen molar-refractivity contribution in [1.82, 2.24) is 19.3 Å². The van der Waals surface area contributed by atoms with Crippen LogP contribution < -0.4 is 0 Å². The van der Waals surface area contributed by atoms with Crippen molar-refractivity contribution in [3.63, 3.8) is 0 Å². The van der Waals surface area contributed by atoms with Crippen molar-refractivity contribution >= 4 is 28.7 Å². The number of carbonyl (C=O) groups excluding carboxylic acids is 1. The Morgan fingerprint density at radius 2 is 2.21 bits per heavy atom. The van der Waals surface area contributed by atoms with E-state index in [1.54, 1.807) is 4.68 Å². The van der Waals surface area contributed by atoms with Gasteiger partial charge in [-0.15, -0.1) is 11.6 Å². The van der Waals surface area contributed by atoms with Crippen LogP contribution in [0.5, 0.6) is 0 Å². The molecule has 0 radical (unpaired) electrons. The fourth-order valence-corrected chi connectivity index (χ4v) is 2.36. The highest BCUT2D eigenvalue weighted by Crippen LogP contribution is 2.20. The number of methoxy groups -OCH3 is 1. The van der Waals surface area contributed by atoms with Crippen molar-refractivity contribution in [2.24, 2.45) is 7.05 Å². The molecule has 0 saturated carbocycles. The normalized spacial score (nSPS) is 11.2. The molecule has 19 heavy (non-hydrogen) atoms. The minimum Gasteiger partial charge on any atom is -0.469 e. The number of hydrogen-bond acceptors (Lipinski definition) is 4. The first kappa shape index (κ1) is 13.9. The molecule has 0 N–H and O–H groups in total. The zero-order valence-electron chi connectivity index (χ0n) is 11.3. The van der Waals surface area contributed by atoms with E-state index in [-0.39, 0.29) is 5.97 Å². The van der Waals surface area contributed by atoms with Crippen LogP contribution in [0.3, 0.4) is 0 Å². The van der Waals surface area contributed by atoms with E-state index in [9.17, 15) is 4.79 Å². The Hall–Kier alpha value is -1.56. The van der Waals surface area contributed by atoms with Crippen molar-refractivity contribution in [3.05, 3.63) is 11.5 Å². The van der Waals surface area contributed by atoms with Crippen molar-refractivity contribution in [2.45, 2.75) is 26.3 Å². The second-order valence-electron chi connectivity index (χ2n) is 4.33. The molecule has 0 unspecified atom stereocenters. The van der Waals surface area contributed by atoms with E-state index in [0.29, 0.717) is 25.3 Å². The summed E-state index contributed by atoms with van der Waals surface area (Å²) in [5.41, 5.74) is 2.67. The van der Waals surface area contributed by atoms with Gasteiger partial charge >= 0.3 is 5.97 Å². The fourth-order valence-electron chi connectivity index (χ4n) is 2.20. The first-order valence-electron chi connectivity index (χ1n) is 6.10. The van der Waals surface area contributed by atoms with Gasteiger partial charge in [0.25, 0.3) is 0 Å². The number of aryl methyl sites for hydroxylation is 4. The van der Waals surface area contributed by atoms with Gasteiger partial charge in [0.2, 0.25) is 0 Å². The van der Waals surface area contributed by atoms with Crippen LogP contribution in [0.1, 0.15) is 17.9 Å². The number of carbonyl (C=O) groups is 1. The number of nitrogens with zero attached hydrogens (tertiary/aromatic N) is 4. The van der Waals surface area contributed by atoms with Gasteiger partial charge in [-0.3, -0.25) is 9.48 Å². The number of alkyl halides is 1. The third kappa shape index (κ3) is 2.58. The number of esters is 1. The predicted molar refractivity (Wildman–Crippen MR) is 72.3 cm³/mol. The van der Waals surface area contributed by atoms with Crippen LogP contribution in [0, 0.1) is 6.92 Å². The van der Waals surface area contributed by atoms with Crippen molar-refractivity contribution in [2.75, 3.05) is 13.0 Å². The average Bonchev–Trinajstić information content (AvgIpc) is 2.87. The molecule has 0 aliphatic carbocycles. The molecule has 104 valence electrons. The molecule has 2 heterocycles. The number of halogens is 1. The predicted octanol–water partition coefficient (Wildman–Crippen LogP) is 1.42. The monoisotopic (exact) mass is 284 g/mol. The molecular formula is C12H17ClN4O2. The Labute approximate surface area is 116 Å². The van der Waals surface area contributed by atoms with E-state index < -0.39 is 0 Å². The molecular weight excluding hydrogens is 268 g/mol. The number of fused-ring (bicyclic) bond motifs is 1. The van der Waals surface area contributed by atoms with Crippen molar-refractivity contribution in [3.8, 4) is 0 Å². The lowest BCUT2D eigenvalue weighted by molar-refractivity contribution is -0.140. The van der Waals surface area contributed by atoms with E-state index in [0.717, 1.165) is 22.7 Å². The highest BCUT2D eigenvalue weighted by atomic mass is 35.5. The molecule has 2 rings (SSSR count). The topological polar surface area (TPSA) is 61.9 Å². The summed E-state index contributed by atoms with van der Waals surface area (Å²) in [6.45, 7) is 2.44. The summed E-state index contributed by atoms with van der Waals surface area (Å²) in [5.74, 6) is 1.14. The Morgan fingerprint density at radius 3 is 2.84 bits per heavy atom. The van der Waals surface area contributed by atoms with Crippen LogP contribution in [-0.2, 0) is 29.5 Å². The zero-order chi connectivity index (χ0) is 14.0. The van der Waals surface area contributed by atoms with E-state index >= 15 is 0 Å². The first-order chi connectivity index (χ1) is 9.08. The lowest BCUT2D eigenvalue weighted by Crippen LogP contribution is -2.12. The summed E-state index contributed by atoms with van der Waals surface area (Å²) < 4.78 is 8.45. The molecule has 2 aromatic heterocycles. The summed E-state index contributed by atoms with van der Waals surface area (Å²) in [6, 6.07) is 0. The lowest BCUT2D eigenvalue weighted by atomic mass is 10.4. The SMILES string of the molecule is COC(=O)CCn1c(CCCl)nc2c(C)nn(C)c21. The highest BCUT2D eigenvalue weighted by Gasteiger charge is 2.17. The molecule has 0 fully saturated rings. The minimum atomic E-state index is -0.238. The maximum Gasteiger partial charge on any atom is 0.307 e. The zero-order valence-corrected chi connectivity index (χ0v) is 12.1. The smallest absolute Gasteiger partial charge is 0.307 e. The number of hydrogen-bond donors (Lipinski definition) is 0. The summed E-state index contributed by atoms with van der Waals surface area (Å²) >= 11 is 5.80. The van der Waals surface area contributed by atoms with E-state index in [1.165, 1.54) is 7.11 Å². The molecule has 0 amide bonds. The fraction of sp³-hybridized carbons (Fsp3) is 0.583. The van der Waals surface area contributed by atoms with Crippen LogP contribution >= 0.6 is 11.6 Å². The number of rotatable bonds is 5. The molecule has 2 aromatic rings. The van der Waals surface area contributed by atoms with Gasteiger partial charge in [0.15, 0.2) is 5.65 Å². The Balaban J connectivity index is 2.42. The summed E-state index contributed by atoms with van der Waals surface area (Å²) in [6.07, 6.45) is 0.971. The molecule has 6 nitrogen and oxygen atoms in total. The number of aromatic nitrogens is 4. The minimum absolute atomic E-state index is 0.238. The van der Waals surface area contributed by atoms with Gasteiger partial charge in [0.05, 0.1) is 19.2 Å². The van der Waals surface area contributed by atoms with Crippen LogP contribution in [0.4, 0.5) is 0 Å². The second-order valence-corrected chi connectivity index (χ2v) is 4.70. The van der Waals surface area contributed by atoms with E-state index in [4.69, 9.17) is 11.6 Å². The Kier molecular flexibility index (Phi) is 4.09. The van der Waals surface area contributed by atoms with E-state index in [2.05, 4.69) is 14.8 Å². The van der Waals surface area contributed by atoms with Crippen LogP contribution in [0.2, 0.25) is 0 Å². The summed E-state index contributed by atoms with van der Waals surface area (Å²) in [4.78, 5) is 15.9. The molecule has 7 heteroatoms. The Bertz CT molecular complexity index is 602. The summed E-state index contributed by atoms with van der Waals surface area (Å²) in [5, 5.41) is 4.34. The molecule has 0 aromatic carbocycles. The largest absolute Gasteiger partial charge is 0.469 e. The quantitative estimate of drug-likeness (QED) is 0.615. The van der Waals surface area contributed by atoms with Crippen LogP contribution in [0.25, 0.3) is 11.2 Å². The lowest BCUT2D eigenvalue weighted by Gasteiger charge is -2.08. The number of ether oxygens (including phenoxy) is 1. The Morgan fingerprint density at radius 1 is 1.47 bits per heavy atom. The van der Waals surface area contributed by atoms with Gasteiger partial charge in [-0.05, 0) is 6.92 Å². The third-order valence-electron chi connectivity index (χ3n) is 3.05. The first-order valence-corrected chi connectivity index (χ1v) is 6.63. The third-order valence-corrected chi connectivity index (χ3v) is 3.24. The maximum absolute atomic E-state index is 11.3. The van der Waals surface area contributed by atoms with Gasteiger partial charge in [-0.2, -0.15) is 5.10 Å². The average molecular weight is 285 g/mol.